The van der Waals surface area contributed by atoms with Gasteiger partial charge >= 0.3 is 0 Å². The number of anilines is 1. The summed E-state index contributed by atoms with van der Waals surface area (Å²) >= 11 is 0. The molecule has 4 rings (SSSR count). The van der Waals surface area contributed by atoms with Crippen molar-refractivity contribution in [3.63, 3.8) is 0 Å². The van der Waals surface area contributed by atoms with E-state index >= 15 is 0 Å². The second-order valence-corrected chi connectivity index (χ2v) is 7.04. The van der Waals surface area contributed by atoms with Crippen LogP contribution < -0.4 is 15.4 Å². The van der Waals surface area contributed by atoms with E-state index in [4.69, 9.17) is 4.74 Å². The molecule has 2 N–H and O–H groups in total. The zero-order chi connectivity index (χ0) is 19.3. The minimum atomic E-state index is -0.103. The topological polar surface area (TPSA) is 63.2 Å². The number of carbonyl (C=O) groups excluding carboxylic acids is 1. The zero-order valence-electron chi connectivity index (χ0n) is 15.8. The first-order valence-corrected chi connectivity index (χ1v) is 9.46. The molecule has 0 spiro atoms. The van der Waals surface area contributed by atoms with Crippen LogP contribution in [-0.4, -0.2) is 24.0 Å². The minimum Gasteiger partial charge on any atom is -0.456 e. The fourth-order valence-electron chi connectivity index (χ4n) is 3.53. The molecule has 1 amide bonds. The van der Waals surface area contributed by atoms with Crippen LogP contribution in [-0.2, 0) is 4.79 Å². The van der Waals surface area contributed by atoms with Crippen LogP contribution in [0.25, 0.3) is 0 Å². The van der Waals surface area contributed by atoms with Gasteiger partial charge in [-0.05, 0) is 36.8 Å². The van der Waals surface area contributed by atoms with Crippen molar-refractivity contribution in [3.05, 3.63) is 84.2 Å². The van der Waals surface area contributed by atoms with Crippen molar-refractivity contribution < 1.29 is 9.53 Å². The summed E-state index contributed by atoms with van der Waals surface area (Å²) in [5, 5.41) is 6.39. The predicted molar refractivity (Wildman–Crippen MR) is 123 cm³/mol. The van der Waals surface area contributed by atoms with E-state index in [1.165, 1.54) is 5.56 Å². The van der Waals surface area contributed by atoms with Crippen molar-refractivity contribution in [2.75, 3.05) is 18.4 Å². The molecule has 2 heterocycles. The number of pyridine rings is 1. The molecule has 1 fully saturated rings. The molecule has 1 aromatic heterocycles. The van der Waals surface area contributed by atoms with Crippen molar-refractivity contribution in [2.45, 2.75) is 27.7 Å². The Morgan fingerprint density at radius 1 is 1.00 bits per heavy atom. The van der Waals surface area contributed by atoms with Crippen LogP contribution in [0, 0.1) is 12.8 Å². The van der Waals surface area contributed by atoms with Crippen molar-refractivity contribution in [3.8, 4) is 11.5 Å². The summed E-state index contributed by atoms with van der Waals surface area (Å²) in [6.07, 6.45) is 1.69. The molecule has 0 bridgehead atoms. The molecule has 2 aromatic carbocycles. The third-order valence-corrected chi connectivity index (χ3v) is 5.00. The number of rotatable bonds is 5. The van der Waals surface area contributed by atoms with Gasteiger partial charge in [0.25, 0.3) is 0 Å². The number of hydrogen-bond donors (Lipinski definition) is 2. The Morgan fingerprint density at radius 2 is 1.80 bits per heavy atom. The molecule has 1 aliphatic heterocycles. The molecule has 0 unspecified atom stereocenters. The molecule has 1 saturated heterocycles. The van der Waals surface area contributed by atoms with Gasteiger partial charge in [0, 0.05) is 36.5 Å². The van der Waals surface area contributed by atoms with Gasteiger partial charge in [-0.15, -0.1) is 0 Å². The molecule has 5 heteroatoms. The maximum absolute atomic E-state index is 12.9. The van der Waals surface area contributed by atoms with E-state index in [-0.39, 0.29) is 32.6 Å². The minimum absolute atomic E-state index is 0. The average molecular weight is 406 g/mol. The maximum atomic E-state index is 12.9. The van der Waals surface area contributed by atoms with E-state index in [2.05, 4.69) is 27.8 Å². The van der Waals surface area contributed by atoms with E-state index in [0.29, 0.717) is 18.0 Å². The second-order valence-electron chi connectivity index (χ2n) is 7.04. The molecule has 0 radical (unpaired) electrons. The van der Waals surface area contributed by atoms with Gasteiger partial charge in [-0.1, -0.05) is 51.3 Å². The molecule has 158 valence electrons. The summed E-state index contributed by atoms with van der Waals surface area (Å²) in [7, 11) is 0. The smallest absolute Gasteiger partial charge is 0.229 e. The van der Waals surface area contributed by atoms with Gasteiger partial charge in [0.1, 0.15) is 11.5 Å². The van der Waals surface area contributed by atoms with Crippen LogP contribution in [0.1, 0.15) is 32.0 Å². The van der Waals surface area contributed by atoms with Gasteiger partial charge in [-0.2, -0.15) is 0 Å². The molecular weight excluding hydrogens is 374 g/mol. The van der Waals surface area contributed by atoms with E-state index < -0.39 is 0 Å². The Hall–Kier alpha value is -3.18. The number of carbonyl (C=O) groups is 1. The lowest BCUT2D eigenvalue weighted by molar-refractivity contribution is -0.119. The van der Waals surface area contributed by atoms with Crippen molar-refractivity contribution in [2.24, 2.45) is 5.92 Å². The van der Waals surface area contributed by atoms with E-state index in [1.807, 2.05) is 61.5 Å². The third kappa shape index (κ3) is 5.45. The number of nitrogens with one attached hydrogen (secondary N) is 2. The fourth-order valence-corrected chi connectivity index (χ4v) is 3.53. The quantitative estimate of drug-likeness (QED) is 0.597. The van der Waals surface area contributed by atoms with E-state index in [0.717, 1.165) is 17.9 Å². The molecule has 2 atom stereocenters. The van der Waals surface area contributed by atoms with Crippen LogP contribution in [0.5, 0.6) is 11.5 Å². The van der Waals surface area contributed by atoms with Gasteiger partial charge in [-0.3, -0.25) is 9.78 Å². The highest BCUT2D eigenvalue weighted by atomic mass is 16.5. The highest BCUT2D eigenvalue weighted by molar-refractivity contribution is 5.93. The van der Waals surface area contributed by atoms with Crippen molar-refractivity contribution in [1.29, 1.82) is 0 Å². The Kier molecular flexibility index (Phi) is 8.13. The van der Waals surface area contributed by atoms with Gasteiger partial charge < -0.3 is 15.4 Å². The first kappa shape index (κ1) is 23.1. The largest absolute Gasteiger partial charge is 0.456 e. The standard InChI is InChI=1S/C23H23N3O2.2CH4/c1-16-10-11-20(13-25-16)28-19-9-5-8-18(12-19)26-23(27)22-15-24-14-21(22)17-6-3-2-4-7-17;;/h2-13,21-22,24H,14-15H2,1H3,(H,26,27);2*1H4/t21-,22+;;/m1../s1. The summed E-state index contributed by atoms with van der Waals surface area (Å²) < 4.78 is 5.85. The molecule has 1 aliphatic rings. The van der Waals surface area contributed by atoms with Gasteiger partial charge in [0.05, 0.1) is 12.1 Å². The normalized spacial score (nSPS) is 17.4. The van der Waals surface area contributed by atoms with E-state index in [1.54, 1.807) is 6.20 Å². The molecular formula is C25H31N3O2. The van der Waals surface area contributed by atoms with Gasteiger partial charge in [0.15, 0.2) is 0 Å². The molecule has 30 heavy (non-hydrogen) atoms. The number of nitrogens with zero attached hydrogens (tertiary/aromatic N) is 1. The van der Waals surface area contributed by atoms with Crippen LogP contribution in [0.3, 0.4) is 0 Å². The van der Waals surface area contributed by atoms with Crippen LogP contribution in [0.4, 0.5) is 5.69 Å². The lowest BCUT2D eigenvalue weighted by Crippen LogP contribution is -2.28. The second kappa shape index (κ2) is 10.6. The monoisotopic (exact) mass is 405 g/mol. The Bertz CT molecular complexity index is 942. The summed E-state index contributed by atoms with van der Waals surface area (Å²) in [5.74, 6) is 1.42. The number of ether oxygens (including phenoxy) is 1. The van der Waals surface area contributed by atoms with Crippen molar-refractivity contribution >= 4 is 11.6 Å². The Morgan fingerprint density at radius 3 is 2.53 bits per heavy atom. The highest BCUT2D eigenvalue weighted by Crippen LogP contribution is 2.30. The third-order valence-electron chi connectivity index (χ3n) is 5.00. The van der Waals surface area contributed by atoms with Crippen LogP contribution >= 0.6 is 0 Å². The molecule has 3 aromatic rings. The average Bonchev–Trinajstić information content (AvgIpc) is 3.21. The van der Waals surface area contributed by atoms with E-state index in [9.17, 15) is 4.79 Å². The van der Waals surface area contributed by atoms with Gasteiger partial charge in [0.2, 0.25) is 5.91 Å². The first-order chi connectivity index (χ1) is 13.7. The molecule has 5 nitrogen and oxygen atoms in total. The number of aromatic nitrogens is 1. The Balaban J connectivity index is 0.00000160. The highest BCUT2D eigenvalue weighted by Gasteiger charge is 2.33. The lowest BCUT2D eigenvalue weighted by atomic mass is 9.88. The summed E-state index contributed by atoms with van der Waals surface area (Å²) in [6, 6.07) is 21.4. The predicted octanol–water partition coefficient (Wildman–Crippen LogP) is 5.40. The summed E-state index contributed by atoms with van der Waals surface area (Å²) in [5.41, 5.74) is 2.85. The molecule has 0 aliphatic carbocycles. The SMILES string of the molecule is C.C.Cc1ccc(Oc2cccc(NC(=O)[C@H]3CNC[C@@H]3c3ccccc3)c2)cn1. The number of hydrogen-bond acceptors (Lipinski definition) is 4. The lowest BCUT2D eigenvalue weighted by Gasteiger charge is -2.19. The molecule has 0 saturated carbocycles. The fraction of sp³-hybridized carbons (Fsp3) is 0.280. The Labute approximate surface area is 179 Å². The van der Waals surface area contributed by atoms with Crippen LogP contribution in [0.15, 0.2) is 72.9 Å². The maximum Gasteiger partial charge on any atom is 0.229 e. The number of amides is 1. The zero-order valence-corrected chi connectivity index (χ0v) is 15.8. The first-order valence-electron chi connectivity index (χ1n) is 9.46. The summed E-state index contributed by atoms with van der Waals surface area (Å²) in [6.45, 7) is 3.42. The number of aryl methyl sites for hydroxylation is 1. The summed E-state index contributed by atoms with van der Waals surface area (Å²) in [4.78, 5) is 17.1. The van der Waals surface area contributed by atoms with Gasteiger partial charge in [-0.25, -0.2) is 0 Å². The van der Waals surface area contributed by atoms with Crippen molar-refractivity contribution in [1.82, 2.24) is 10.3 Å². The van der Waals surface area contributed by atoms with Crippen LogP contribution in [0.2, 0.25) is 0 Å². The number of benzene rings is 2.